The second-order valence-electron chi connectivity index (χ2n) is 9.88. The molecule has 0 fully saturated rings. The van der Waals surface area contributed by atoms with Gasteiger partial charge in [-0.15, -0.1) is 0 Å². The third kappa shape index (κ3) is 6.21. The molecular weight excluding hydrogens is 460 g/mol. The molecule has 2 aromatic heterocycles. The van der Waals surface area contributed by atoms with E-state index < -0.39 is 18.1 Å². The standard InChI is InChI=1S/C27H38N4O5/c1-16(2)14-36-27(34)24(19(5)32)28-12-20-8-9-23-22(11-20)29-25(31(23)18(4)15-35-7)21-10-17(3)26(33)30(6)13-21/h8-11,13,16,18-19,24,28,32H,12,14-15H2,1-7H3/t18-,19?,24?/m1/s1. The number of fused-ring (bicyclic) bond motifs is 1. The second-order valence-corrected chi connectivity index (χ2v) is 9.88. The number of hydrogen-bond donors (Lipinski definition) is 2. The molecule has 9 heteroatoms. The number of carbonyl (C=O) groups is 1. The van der Waals surface area contributed by atoms with Crippen LogP contribution < -0.4 is 10.9 Å². The maximum Gasteiger partial charge on any atom is 0.325 e. The minimum atomic E-state index is -0.901. The minimum Gasteiger partial charge on any atom is -0.464 e. The number of pyridine rings is 1. The summed E-state index contributed by atoms with van der Waals surface area (Å²) in [7, 11) is 3.40. The summed E-state index contributed by atoms with van der Waals surface area (Å²) < 4.78 is 14.4. The van der Waals surface area contributed by atoms with E-state index in [-0.39, 0.29) is 17.5 Å². The lowest BCUT2D eigenvalue weighted by atomic mass is 10.1. The molecule has 0 saturated carbocycles. The Hall–Kier alpha value is -3.01. The molecule has 2 heterocycles. The smallest absolute Gasteiger partial charge is 0.325 e. The molecule has 1 aromatic carbocycles. The largest absolute Gasteiger partial charge is 0.464 e. The number of nitrogens with one attached hydrogen (secondary N) is 1. The zero-order valence-electron chi connectivity index (χ0n) is 22.2. The van der Waals surface area contributed by atoms with Crippen LogP contribution in [0.5, 0.6) is 0 Å². The van der Waals surface area contributed by atoms with Crippen molar-refractivity contribution in [3.8, 4) is 11.4 Å². The van der Waals surface area contributed by atoms with Gasteiger partial charge in [0.05, 0.1) is 36.4 Å². The highest BCUT2D eigenvalue weighted by Gasteiger charge is 2.25. The Morgan fingerprint density at radius 1 is 1.17 bits per heavy atom. The lowest BCUT2D eigenvalue weighted by molar-refractivity contribution is -0.150. The van der Waals surface area contributed by atoms with E-state index in [1.807, 2.05) is 38.1 Å². The molecule has 3 aromatic rings. The van der Waals surface area contributed by atoms with Crippen LogP contribution in [0.3, 0.4) is 0 Å². The predicted molar refractivity (Wildman–Crippen MR) is 140 cm³/mol. The zero-order chi connectivity index (χ0) is 26.6. The van der Waals surface area contributed by atoms with Crippen LogP contribution in [0.1, 0.15) is 44.9 Å². The van der Waals surface area contributed by atoms with Crippen molar-refractivity contribution in [2.75, 3.05) is 20.3 Å². The van der Waals surface area contributed by atoms with Crippen LogP contribution in [-0.4, -0.2) is 57.7 Å². The molecule has 36 heavy (non-hydrogen) atoms. The average Bonchev–Trinajstić information content (AvgIpc) is 3.20. The Morgan fingerprint density at radius 2 is 1.89 bits per heavy atom. The molecule has 0 aliphatic rings. The maximum absolute atomic E-state index is 12.4. The quantitative estimate of drug-likeness (QED) is 0.391. The molecule has 3 atom stereocenters. The molecule has 0 radical (unpaired) electrons. The van der Waals surface area contributed by atoms with Crippen molar-refractivity contribution in [1.29, 1.82) is 0 Å². The summed E-state index contributed by atoms with van der Waals surface area (Å²) in [6, 6.07) is 6.97. The first-order valence-electron chi connectivity index (χ1n) is 12.3. The normalized spacial score (nSPS) is 14.2. The van der Waals surface area contributed by atoms with Crippen LogP contribution in [-0.2, 0) is 27.9 Å². The number of imidazole rings is 1. The summed E-state index contributed by atoms with van der Waals surface area (Å²) in [5, 5.41) is 13.2. The van der Waals surface area contributed by atoms with E-state index in [2.05, 4.69) is 16.8 Å². The van der Waals surface area contributed by atoms with Crippen molar-refractivity contribution >= 4 is 17.0 Å². The topological polar surface area (TPSA) is 108 Å². The van der Waals surface area contributed by atoms with E-state index in [0.717, 1.165) is 28.0 Å². The van der Waals surface area contributed by atoms with Gasteiger partial charge in [0, 0.05) is 38.0 Å². The number of aliphatic hydroxyl groups is 1. The number of ether oxygens (including phenoxy) is 2. The van der Waals surface area contributed by atoms with Gasteiger partial charge < -0.3 is 23.7 Å². The van der Waals surface area contributed by atoms with Crippen LogP contribution in [0.4, 0.5) is 0 Å². The first-order valence-corrected chi connectivity index (χ1v) is 12.3. The van der Waals surface area contributed by atoms with Gasteiger partial charge in [-0.25, -0.2) is 4.98 Å². The van der Waals surface area contributed by atoms with E-state index in [0.29, 0.717) is 25.3 Å². The minimum absolute atomic E-state index is 0.00635. The number of aromatic nitrogens is 3. The van der Waals surface area contributed by atoms with Gasteiger partial charge in [-0.3, -0.25) is 14.9 Å². The van der Waals surface area contributed by atoms with Crippen LogP contribution in [0, 0.1) is 12.8 Å². The molecule has 196 valence electrons. The SMILES string of the molecule is COC[C@@H](C)n1c(-c2cc(C)c(=O)n(C)c2)nc2cc(CNC(C(=O)OCC(C)C)C(C)O)ccc21. The van der Waals surface area contributed by atoms with Crippen molar-refractivity contribution in [3.63, 3.8) is 0 Å². The Morgan fingerprint density at radius 3 is 2.50 bits per heavy atom. The van der Waals surface area contributed by atoms with Gasteiger partial charge in [-0.05, 0) is 50.5 Å². The van der Waals surface area contributed by atoms with E-state index in [1.54, 1.807) is 38.8 Å². The van der Waals surface area contributed by atoms with Crippen LogP contribution in [0.2, 0.25) is 0 Å². The fourth-order valence-electron chi connectivity index (χ4n) is 4.24. The van der Waals surface area contributed by atoms with E-state index in [4.69, 9.17) is 14.5 Å². The third-order valence-electron chi connectivity index (χ3n) is 6.04. The van der Waals surface area contributed by atoms with Crippen molar-refractivity contribution in [2.45, 2.75) is 59.4 Å². The maximum atomic E-state index is 12.4. The highest BCUT2D eigenvalue weighted by molar-refractivity contribution is 5.81. The number of esters is 1. The number of hydrogen-bond acceptors (Lipinski definition) is 7. The van der Waals surface area contributed by atoms with E-state index in [1.165, 1.54) is 0 Å². The number of carbonyl (C=O) groups excluding carboxylic acids is 1. The van der Waals surface area contributed by atoms with Crippen molar-refractivity contribution in [3.05, 3.63) is 51.9 Å². The number of rotatable bonds is 11. The Kier molecular flexibility index (Phi) is 9.05. The van der Waals surface area contributed by atoms with Gasteiger partial charge in [0.15, 0.2) is 0 Å². The lowest BCUT2D eigenvalue weighted by Gasteiger charge is -2.21. The van der Waals surface area contributed by atoms with Crippen LogP contribution in [0.15, 0.2) is 35.3 Å². The second kappa shape index (κ2) is 11.8. The van der Waals surface area contributed by atoms with Gasteiger partial charge in [-0.1, -0.05) is 19.9 Å². The third-order valence-corrected chi connectivity index (χ3v) is 6.04. The van der Waals surface area contributed by atoms with Crippen molar-refractivity contribution in [2.24, 2.45) is 13.0 Å². The molecule has 0 aliphatic carbocycles. The fraction of sp³-hybridized carbons (Fsp3) is 0.519. The first-order chi connectivity index (χ1) is 17.0. The summed E-state index contributed by atoms with van der Waals surface area (Å²) in [6.45, 7) is 10.5. The summed E-state index contributed by atoms with van der Waals surface area (Å²) in [6.07, 6.45) is 0.896. The molecule has 2 unspecified atom stereocenters. The predicted octanol–water partition coefficient (Wildman–Crippen LogP) is 2.96. The highest BCUT2D eigenvalue weighted by Crippen LogP contribution is 2.29. The Labute approximate surface area is 212 Å². The van der Waals surface area contributed by atoms with Crippen molar-refractivity contribution in [1.82, 2.24) is 19.4 Å². The number of aliphatic hydroxyl groups excluding tert-OH is 1. The summed E-state index contributed by atoms with van der Waals surface area (Å²) >= 11 is 0. The zero-order valence-corrected chi connectivity index (χ0v) is 22.2. The Bertz CT molecular complexity index is 1230. The number of benzene rings is 1. The first kappa shape index (κ1) is 27.6. The molecular formula is C27H38N4O5. The molecule has 0 bridgehead atoms. The van der Waals surface area contributed by atoms with Gasteiger partial charge >= 0.3 is 5.97 Å². The monoisotopic (exact) mass is 498 g/mol. The van der Waals surface area contributed by atoms with Gasteiger partial charge in [0.2, 0.25) is 0 Å². The molecule has 2 N–H and O–H groups in total. The van der Waals surface area contributed by atoms with E-state index in [9.17, 15) is 14.7 Å². The van der Waals surface area contributed by atoms with Gasteiger partial charge in [-0.2, -0.15) is 0 Å². The summed E-state index contributed by atoms with van der Waals surface area (Å²) in [5.41, 5.74) is 4.08. The molecule has 0 saturated heterocycles. The Balaban J connectivity index is 1.95. The van der Waals surface area contributed by atoms with E-state index >= 15 is 0 Å². The summed E-state index contributed by atoms with van der Waals surface area (Å²) in [4.78, 5) is 29.6. The van der Waals surface area contributed by atoms with Crippen LogP contribution in [0.25, 0.3) is 22.4 Å². The molecule has 0 spiro atoms. The highest BCUT2D eigenvalue weighted by atomic mass is 16.5. The average molecular weight is 499 g/mol. The van der Waals surface area contributed by atoms with Crippen LogP contribution >= 0.6 is 0 Å². The molecule has 9 nitrogen and oxygen atoms in total. The molecule has 0 aliphatic heterocycles. The van der Waals surface area contributed by atoms with Crippen molar-refractivity contribution < 1.29 is 19.4 Å². The van der Waals surface area contributed by atoms with Gasteiger partial charge in [0.1, 0.15) is 11.9 Å². The summed E-state index contributed by atoms with van der Waals surface area (Å²) in [5.74, 6) is 0.494. The number of methoxy groups -OCH3 is 1. The number of aryl methyl sites for hydroxylation is 2. The molecule has 0 amide bonds. The number of nitrogens with zero attached hydrogens (tertiary/aromatic N) is 3. The molecule has 3 rings (SSSR count). The fourth-order valence-corrected chi connectivity index (χ4v) is 4.24. The van der Waals surface area contributed by atoms with Gasteiger partial charge in [0.25, 0.3) is 5.56 Å². The lowest BCUT2D eigenvalue weighted by Crippen LogP contribution is -2.45.